The molecular formula is C25H30F2N6O3S. The number of halogens is 2. The van der Waals surface area contributed by atoms with E-state index in [-0.39, 0.29) is 34.0 Å². The van der Waals surface area contributed by atoms with Crippen LogP contribution in [0.2, 0.25) is 0 Å². The van der Waals surface area contributed by atoms with Crippen molar-refractivity contribution in [2.45, 2.75) is 43.7 Å². The number of rotatable bonds is 5. The second kappa shape index (κ2) is 9.66. The Bertz CT molecular complexity index is 1280. The maximum Gasteiger partial charge on any atom is 0.268 e. The lowest BCUT2D eigenvalue weighted by atomic mass is 9.95. The number of hydrogen-bond donors (Lipinski definition) is 4. The third-order valence-electron chi connectivity index (χ3n) is 7.15. The summed E-state index contributed by atoms with van der Waals surface area (Å²) in [4.78, 5) is 20.8. The lowest BCUT2D eigenvalue weighted by Gasteiger charge is -2.40. The van der Waals surface area contributed by atoms with E-state index in [1.165, 1.54) is 24.3 Å². The fourth-order valence-corrected chi connectivity index (χ4v) is 6.89. The number of carbonyl (C=O) groups is 1. The van der Waals surface area contributed by atoms with Crippen LogP contribution in [-0.2, 0) is 11.2 Å². The van der Waals surface area contributed by atoms with Gasteiger partial charge in [0.2, 0.25) is 0 Å². The van der Waals surface area contributed by atoms with Crippen molar-refractivity contribution in [3.05, 3.63) is 57.5 Å². The zero-order valence-corrected chi connectivity index (χ0v) is 21.4. The third-order valence-corrected chi connectivity index (χ3v) is 8.27. The number of nitrogens with two attached hydrogens (primary N) is 3. The largest absolute Gasteiger partial charge is 0.494 e. The van der Waals surface area contributed by atoms with Gasteiger partial charge in [-0.2, -0.15) is 0 Å². The Labute approximate surface area is 217 Å². The Morgan fingerprint density at radius 3 is 2.73 bits per heavy atom. The number of ether oxygens (including phenoxy) is 1. The molecule has 1 aromatic carbocycles. The number of methoxy groups -OCH3 is 1. The van der Waals surface area contributed by atoms with Crippen LogP contribution in [0.1, 0.15) is 48.1 Å². The van der Waals surface area contributed by atoms with E-state index in [0.29, 0.717) is 43.0 Å². The van der Waals surface area contributed by atoms with Crippen molar-refractivity contribution < 1.29 is 23.4 Å². The molecule has 7 N–H and O–H groups in total. The molecule has 3 aliphatic rings. The quantitative estimate of drug-likeness (QED) is 0.456. The molecule has 2 aromatic rings. The molecule has 4 atom stereocenters. The minimum Gasteiger partial charge on any atom is -0.494 e. The van der Waals surface area contributed by atoms with Crippen molar-refractivity contribution in [2.24, 2.45) is 23.1 Å². The van der Waals surface area contributed by atoms with Gasteiger partial charge in [-0.25, -0.2) is 8.78 Å². The highest BCUT2D eigenvalue weighted by molar-refractivity contribution is 8.03. The molecule has 0 bridgehead atoms. The normalized spacial score (nSPS) is 25.6. The predicted octanol–water partition coefficient (Wildman–Crippen LogP) is 2.39. The van der Waals surface area contributed by atoms with Crippen LogP contribution in [0, 0.1) is 17.6 Å². The van der Waals surface area contributed by atoms with Crippen LogP contribution in [0.4, 0.5) is 20.2 Å². The first-order valence-electron chi connectivity index (χ1n) is 12.1. The maximum atomic E-state index is 15.5. The van der Waals surface area contributed by atoms with Crippen LogP contribution >= 0.6 is 11.8 Å². The van der Waals surface area contributed by atoms with Gasteiger partial charge in [0, 0.05) is 24.7 Å². The van der Waals surface area contributed by atoms with Crippen molar-refractivity contribution >= 4 is 29.0 Å². The van der Waals surface area contributed by atoms with Gasteiger partial charge in [-0.15, -0.1) is 0 Å². The fourth-order valence-electron chi connectivity index (χ4n) is 5.68. The Morgan fingerprint density at radius 1 is 1.30 bits per heavy atom. The molecule has 9 nitrogen and oxygen atoms in total. The molecule has 2 aliphatic heterocycles. The first kappa shape index (κ1) is 25.6. The van der Waals surface area contributed by atoms with Crippen LogP contribution in [-0.4, -0.2) is 42.2 Å². The van der Waals surface area contributed by atoms with E-state index in [4.69, 9.17) is 21.9 Å². The van der Waals surface area contributed by atoms with Gasteiger partial charge in [0.15, 0.2) is 11.6 Å². The van der Waals surface area contributed by atoms with Crippen molar-refractivity contribution in [1.29, 1.82) is 0 Å². The number of primary amides is 1. The van der Waals surface area contributed by atoms with Crippen LogP contribution < -0.4 is 31.7 Å². The number of amides is 1. The topological polar surface area (TPSA) is 144 Å². The summed E-state index contributed by atoms with van der Waals surface area (Å²) in [5, 5.41) is 9.50. The molecule has 1 saturated heterocycles. The van der Waals surface area contributed by atoms with Crippen molar-refractivity contribution in [2.75, 3.05) is 30.0 Å². The molecule has 1 aliphatic carbocycles. The van der Waals surface area contributed by atoms with Gasteiger partial charge < -0.3 is 36.8 Å². The number of carbonyl (C=O) groups excluding carboxylic acids is 1. The number of nitrogens with zero attached hydrogens (tertiary/aromatic N) is 3. The van der Waals surface area contributed by atoms with E-state index in [2.05, 4.69) is 16.8 Å². The van der Waals surface area contributed by atoms with E-state index < -0.39 is 29.0 Å². The van der Waals surface area contributed by atoms with E-state index in [0.717, 1.165) is 29.8 Å². The van der Waals surface area contributed by atoms with Crippen molar-refractivity contribution in [1.82, 2.24) is 4.98 Å². The van der Waals surface area contributed by atoms with Crippen molar-refractivity contribution in [3.63, 3.8) is 0 Å². The average molecular weight is 533 g/mol. The third kappa shape index (κ3) is 4.26. The van der Waals surface area contributed by atoms with E-state index in [9.17, 15) is 9.90 Å². The van der Waals surface area contributed by atoms with E-state index in [1.807, 2.05) is 0 Å². The second-order valence-electron chi connectivity index (χ2n) is 9.81. The Balaban J connectivity index is 1.75. The molecule has 1 amide bonds. The van der Waals surface area contributed by atoms with Crippen LogP contribution in [0.25, 0.3) is 0 Å². The summed E-state index contributed by atoms with van der Waals surface area (Å²) < 4.78 is 35.8. The highest BCUT2D eigenvalue weighted by Crippen LogP contribution is 2.54. The number of anilines is 2. The molecule has 37 heavy (non-hydrogen) atoms. The lowest BCUT2D eigenvalue weighted by molar-refractivity contribution is -0.114. The number of benzene rings is 1. The van der Waals surface area contributed by atoms with E-state index in [1.54, 1.807) is 0 Å². The number of pyridine rings is 1. The number of aliphatic hydroxyl groups excluding tert-OH is 1. The zero-order valence-electron chi connectivity index (χ0n) is 20.6. The highest BCUT2D eigenvalue weighted by atomic mass is 32.2. The molecule has 1 fully saturated rings. The smallest absolute Gasteiger partial charge is 0.268 e. The minimum atomic E-state index is -1.10. The summed E-state index contributed by atoms with van der Waals surface area (Å²) >= 11 is 0.922. The van der Waals surface area contributed by atoms with Crippen LogP contribution in [0.15, 0.2) is 29.1 Å². The number of aliphatic hydroxyl groups is 1. The molecule has 3 heterocycles. The SMILES string of the molecule is COc1ccc(F)c(C2SC(N)=C(C(N)=O)N2c2cnc3c(c2N2CC(C)CC(N)C2)CCC3O)c1F. The van der Waals surface area contributed by atoms with Gasteiger partial charge in [0.05, 0.1) is 47.1 Å². The molecule has 0 spiro atoms. The molecule has 4 unspecified atom stereocenters. The molecule has 5 rings (SSSR count). The van der Waals surface area contributed by atoms with E-state index >= 15 is 8.78 Å². The van der Waals surface area contributed by atoms with Gasteiger partial charge in [0.25, 0.3) is 5.91 Å². The Morgan fingerprint density at radius 2 is 2.05 bits per heavy atom. The number of thioether (sulfide) groups is 1. The predicted molar refractivity (Wildman–Crippen MR) is 138 cm³/mol. The second-order valence-corrected chi connectivity index (χ2v) is 10.9. The fraction of sp³-hybridized carbons (Fsp3) is 0.440. The number of fused-ring (bicyclic) bond motifs is 1. The van der Waals surface area contributed by atoms with Crippen LogP contribution in [0.5, 0.6) is 5.75 Å². The molecule has 198 valence electrons. The summed E-state index contributed by atoms with van der Waals surface area (Å²) in [7, 11) is 1.29. The first-order chi connectivity index (χ1) is 17.6. The summed E-state index contributed by atoms with van der Waals surface area (Å²) in [6.45, 7) is 3.30. The molecule has 0 saturated carbocycles. The highest BCUT2D eigenvalue weighted by Gasteiger charge is 2.43. The van der Waals surface area contributed by atoms with Gasteiger partial charge in [-0.3, -0.25) is 9.78 Å². The number of piperidine rings is 1. The van der Waals surface area contributed by atoms with Gasteiger partial charge in [-0.1, -0.05) is 18.7 Å². The lowest BCUT2D eigenvalue weighted by Crippen LogP contribution is -2.47. The summed E-state index contributed by atoms with van der Waals surface area (Å²) in [6.07, 6.45) is 2.67. The molecule has 1 aromatic heterocycles. The van der Waals surface area contributed by atoms with Crippen LogP contribution in [0.3, 0.4) is 0 Å². The molecule has 12 heteroatoms. The Hall–Kier alpha value is -3.09. The van der Waals surface area contributed by atoms with Gasteiger partial charge in [-0.05, 0) is 37.3 Å². The summed E-state index contributed by atoms with van der Waals surface area (Å²) in [5.41, 5.74) is 20.5. The zero-order chi connectivity index (χ0) is 26.6. The van der Waals surface area contributed by atoms with Gasteiger partial charge in [0.1, 0.15) is 16.9 Å². The molecule has 0 radical (unpaired) electrons. The monoisotopic (exact) mass is 532 g/mol. The average Bonchev–Trinajstić information content (AvgIpc) is 3.37. The Kier molecular flexibility index (Phi) is 6.67. The standard InChI is InChI=1S/C25H30F2N6O3S/c1-11-7-12(28)10-32(9-11)21-13-3-5-16(34)20(13)31-8-15(21)33-22(23(29)35)24(30)37-25(33)18-14(26)4-6-17(36-2)19(18)27/h4,6,8,11-12,16,25,34H,3,5,7,9-10,28,30H2,1-2H3,(H2,29,35). The van der Waals surface area contributed by atoms with Crippen molar-refractivity contribution in [3.8, 4) is 5.75 Å². The summed E-state index contributed by atoms with van der Waals surface area (Å²) in [6, 6.07) is 2.21. The van der Waals surface area contributed by atoms with Gasteiger partial charge >= 0.3 is 0 Å². The number of hydrogen-bond acceptors (Lipinski definition) is 9. The molecular weight excluding hydrogens is 502 g/mol. The first-order valence-corrected chi connectivity index (χ1v) is 13.0. The minimum absolute atomic E-state index is 0.0364. The summed E-state index contributed by atoms with van der Waals surface area (Å²) in [5.74, 6) is -2.43. The maximum absolute atomic E-state index is 15.5. The number of aromatic nitrogens is 1.